The first kappa shape index (κ1) is 13.6. The molecule has 2 rings (SSSR count). The van der Waals surface area contributed by atoms with Crippen LogP contribution in [0.25, 0.3) is 0 Å². The maximum Gasteiger partial charge on any atom is 0.417 e. The molecular weight excluding hydrogens is 275 g/mol. The zero-order valence-electron chi connectivity index (χ0n) is 9.66. The van der Waals surface area contributed by atoms with E-state index in [2.05, 4.69) is 4.99 Å². The Bertz CT molecular complexity index is 591. The summed E-state index contributed by atoms with van der Waals surface area (Å²) in [6, 6.07) is 12.6. The summed E-state index contributed by atoms with van der Waals surface area (Å²) >= 11 is 5.61. The Kier molecular flexibility index (Phi) is 3.90. The van der Waals surface area contributed by atoms with Gasteiger partial charge in [-0.15, -0.1) is 0 Å². The Balaban J connectivity index is 2.24. The minimum Gasteiger partial charge on any atom is -0.256 e. The second-order valence-corrected chi connectivity index (χ2v) is 4.24. The standard InChI is InChI=1S/C14H9ClF3N/c15-13-8-10(6-7-12(13)14(16,17)18)9-19-11-4-2-1-3-5-11/h1-9H/b19-9+. The van der Waals surface area contributed by atoms with Crippen molar-refractivity contribution in [3.05, 3.63) is 64.7 Å². The minimum atomic E-state index is -4.44. The van der Waals surface area contributed by atoms with Gasteiger partial charge in [0, 0.05) is 6.21 Å². The highest BCUT2D eigenvalue weighted by Gasteiger charge is 2.32. The topological polar surface area (TPSA) is 12.4 Å². The molecule has 0 saturated carbocycles. The van der Waals surface area contributed by atoms with Gasteiger partial charge in [0.1, 0.15) is 0 Å². The van der Waals surface area contributed by atoms with Gasteiger partial charge < -0.3 is 0 Å². The first-order chi connectivity index (χ1) is 8.97. The van der Waals surface area contributed by atoms with Gasteiger partial charge in [-0.3, -0.25) is 4.99 Å². The molecule has 98 valence electrons. The van der Waals surface area contributed by atoms with E-state index in [1.54, 1.807) is 12.1 Å². The average Bonchev–Trinajstić information content (AvgIpc) is 2.36. The van der Waals surface area contributed by atoms with Gasteiger partial charge in [-0.2, -0.15) is 13.2 Å². The molecule has 0 aliphatic heterocycles. The number of rotatable bonds is 2. The molecule has 5 heteroatoms. The van der Waals surface area contributed by atoms with Crippen molar-refractivity contribution in [2.45, 2.75) is 6.18 Å². The largest absolute Gasteiger partial charge is 0.417 e. The Labute approximate surface area is 113 Å². The van der Waals surface area contributed by atoms with Crippen molar-refractivity contribution in [1.29, 1.82) is 0 Å². The lowest BCUT2D eigenvalue weighted by Gasteiger charge is -2.08. The van der Waals surface area contributed by atoms with Crippen LogP contribution < -0.4 is 0 Å². The zero-order chi connectivity index (χ0) is 13.9. The molecule has 0 heterocycles. The summed E-state index contributed by atoms with van der Waals surface area (Å²) < 4.78 is 37.5. The van der Waals surface area contributed by atoms with Gasteiger partial charge in [0.2, 0.25) is 0 Å². The monoisotopic (exact) mass is 283 g/mol. The molecule has 19 heavy (non-hydrogen) atoms. The molecule has 2 aromatic rings. The van der Waals surface area contributed by atoms with Crippen molar-refractivity contribution in [3.63, 3.8) is 0 Å². The van der Waals surface area contributed by atoms with Crippen LogP contribution in [0.3, 0.4) is 0 Å². The molecule has 0 saturated heterocycles. The summed E-state index contributed by atoms with van der Waals surface area (Å²) in [7, 11) is 0. The highest BCUT2D eigenvalue weighted by molar-refractivity contribution is 6.31. The second-order valence-electron chi connectivity index (χ2n) is 3.83. The van der Waals surface area contributed by atoms with Crippen molar-refractivity contribution in [3.8, 4) is 0 Å². The summed E-state index contributed by atoms with van der Waals surface area (Å²) in [5, 5.41) is -0.329. The van der Waals surface area contributed by atoms with E-state index < -0.39 is 11.7 Å². The molecule has 0 N–H and O–H groups in total. The zero-order valence-corrected chi connectivity index (χ0v) is 10.4. The second kappa shape index (κ2) is 5.45. The van der Waals surface area contributed by atoms with Crippen LogP contribution in [0.4, 0.5) is 18.9 Å². The first-order valence-corrected chi connectivity index (χ1v) is 5.80. The maximum absolute atomic E-state index is 12.5. The average molecular weight is 284 g/mol. The van der Waals surface area contributed by atoms with E-state index in [0.29, 0.717) is 5.56 Å². The van der Waals surface area contributed by atoms with Gasteiger partial charge >= 0.3 is 6.18 Å². The van der Waals surface area contributed by atoms with E-state index in [4.69, 9.17) is 11.6 Å². The van der Waals surface area contributed by atoms with E-state index in [9.17, 15) is 13.2 Å². The number of para-hydroxylation sites is 1. The smallest absolute Gasteiger partial charge is 0.256 e. The Morgan fingerprint density at radius 1 is 1.00 bits per heavy atom. The van der Waals surface area contributed by atoms with Crippen LogP contribution in [0.2, 0.25) is 5.02 Å². The van der Waals surface area contributed by atoms with Crippen LogP contribution >= 0.6 is 11.6 Å². The molecule has 0 bridgehead atoms. The SMILES string of the molecule is FC(F)(F)c1ccc(/C=N/c2ccccc2)cc1Cl. The number of benzene rings is 2. The Hall–Kier alpha value is -1.81. The molecule has 0 atom stereocenters. The highest BCUT2D eigenvalue weighted by atomic mass is 35.5. The van der Waals surface area contributed by atoms with E-state index in [1.165, 1.54) is 18.3 Å². The number of nitrogens with zero attached hydrogens (tertiary/aromatic N) is 1. The van der Waals surface area contributed by atoms with Crippen LogP contribution in [-0.4, -0.2) is 6.21 Å². The van der Waals surface area contributed by atoms with Gasteiger partial charge in [-0.25, -0.2) is 0 Å². The van der Waals surface area contributed by atoms with Crippen molar-refractivity contribution in [1.82, 2.24) is 0 Å². The van der Waals surface area contributed by atoms with Crippen molar-refractivity contribution >= 4 is 23.5 Å². The summed E-state index contributed by atoms with van der Waals surface area (Å²) in [4.78, 5) is 4.14. The third kappa shape index (κ3) is 3.58. The molecule has 0 fully saturated rings. The molecular formula is C14H9ClF3N. The number of aliphatic imine (C=N–C) groups is 1. The van der Waals surface area contributed by atoms with Crippen LogP contribution in [0.15, 0.2) is 53.5 Å². The van der Waals surface area contributed by atoms with E-state index in [0.717, 1.165) is 11.8 Å². The van der Waals surface area contributed by atoms with Crippen molar-refractivity contribution in [2.75, 3.05) is 0 Å². The molecule has 1 nitrogen and oxygen atoms in total. The van der Waals surface area contributed by atoms with Gasteiger partial charge in [0.05, 0.1) is 16.3 Å². The molecule has 0 aliphatic carbocycles. The molecule has 0 radical (unpaired) electrons. The lowest BCUT2D eigenvalue weighted by Crippen LogP contribution is -2.05. The van der Waals surface area contributed by atoms with Crippen LogP contribution in [0.5, 0.6) is 0 Å². The van der Waals surface area contributed by atoms with E-state index >= 15 is 0 Å². The fraction of sp³-hybridized carbons (Fsp3) is 0.0714. The maximum atomic E-state index is 12.5. The normalized spacial score (nSPS) is 12.0. The fourth-order valence-corrected chi connectivity index (χ4v) is 1.80. The van der Waals surface area contributed by atoms with Crippen LogP contribution in [0, 0.1) is 0 Å². The van der Waals surface area contributed by atoms with Crippen LogP contribution in [-0.2, 0) is 6.18 Å². The molecule has 0 amide bonds. The third-order valence-electron chi connectivity index (χ3n) is 2.42. The predicted molar refractivity (Wildman–Crippen MR) is 70.2 cm³/mol. The van der Waals surface area contributed by atoms with E-state index in [1.807, 2.05) is 18.2 Å². The minimum absolute atomic E-state index is 0.329. The van der Waals surface area contributed by atoms with Gasteiger partial charge in [-0.05, 0) is 29.8 Å². The van der Waals surface area contributed by atoms with Gasteiger partial charge in [-0.1, -0.05) is 35.9 Å². The van der Waals surface area contributed by atoms with Crippen molar-refractivity contribution < 1.29 is 13.2 Å². The number of halogens is 4. The van der Waals surface area contributed by atoms with Crippen molar-refractivity contribution in [2.24, 2.45) is 4.99 Å². The first-order valence-electron chi connectivity index (χ1n) is 5.43. The van der Waals surface area contributed by atoms with Crippen LogP contribution in [0.1, 0.15) is 11.1 Å². The summed E-state index contributed by atoms with van der Waals surface area (Å²) in [5.41, 5.74) is 0.395. The highest BCUT2D eigenvalue weighted by Crippen LogP contribution is 2.34. The lowest BCUT2D eigenvalue weighted by molar-refractivity contribution is -0.137. The number of alkyl halides is 3. The summed E-state index contributed by atoms with van der Waals surface area (Å²) in [6.07, 6.45) is -2.96. The molecule has 0 aromatic heterocycles. The molecule has 0 spiro atoms. The summed E-state index contributed by atoms with van der Waals surface area (Å²) in [5.74, 6) is 0. The van der Waals surface area contributed by atoms with E-state index in [-0.39, 0.29) is 5.02 Å². The number of hydrogen-bond donors (Lipinski definition) is 0. The molecule has 2 aromatic carbocycles. The molecule has 0 unspecified atom stereocenters. The Morgan fingerprint density at radius 2 is 1.68 bits per heavy atom. The Morgan fingerprint density at radius 3 is 2.26 bits per heavy atom. The fourth-order valence-electron chi connectivity index (χ4n) is 1.50. The molecule has 0 aliphatic rings. The third-order valence-corrected chi connectivity index (χ3v) is 2.73. The number of hydrogen-bond acceptors (Lipinski definition) is 1. The summed E-state index contributed by atoms with van der Waals surface area (Å²) in [6.45, 7) is 0. The van der Waals surface area contributed by atoms with Gasteiger partial charge in [0.25, 0.3) is 0 Å². The van der Waals surface area contributed by atoms with Gasteiger partial charge in [0.15, 0.2) is 0 Å². The predicted octanol–water partition coefficient (Wildman–Crippen LogP) is 5.11. The lowest BCUT2D eigenvalue weighted by atomic mass is 10.1. The quantitative estimate of drug-likeness (QED) is 0.679.